The second kappa shape index (κ2) is 8.14. The summed E-state index contributed by atoms with van der Waals surface area (Å²) in [7, 11) is 3.26. The lowest BCUT2D eigenvalue weighted by molar-refractivity contribution is 0.0739. The SMILES string of the molecule is COc1ccc(-c2cc(C=CC3CN4CCC3CC4)on2)cc1OC.Cl. The first kappa shape index (κ1) is 18.8. The summed E-state index contributed by atoms with van der Waals surface area (Å²) in [5.41, 5.74) is 1.75. The van der Waals surface area contributed by atoms with Crippen LogP contribution in [0.2, 0.25) is 0 Å². The summed E-state index contributed by atoms with van der Waals surface area (Å²) < 4.78 is 16.1. The highest BCUT2D eigenvalue weighted by atomic mass is 35.5. The quantitative estimate of drug-likeness (QED) is 0.785. The molecule has 5 nitrogen and oxygen atoms in total. The maximum absolute atomic E-state index is 5.50. The summed E-state index contributed by atoms with van der Waals surface area (Å²) >= 11 is 0. The Hall–Kier alpha value is -1.98. The van der Waals surface area contributed by atoms with Crippen molar-refractivity contribution in [2.45, 2.75) is 12.8 Å². The number of aromatic nitrogens is 1. The zero-order valence-electron chi connectivity index (χ0n) is 15.2. The van der Waals surface area contributed by atoms with E-state index >= 15 is 0 Å². The van der Waals surface area contributed by atoms with E-state index in [1.807, 2.05) is 24.3 Å². The van der Waals surface area contributed by atoms with Gasteiger partial charge in [-0.2, -0.15) is 0 Å². The van der Waals surface area contributed by atoms with E-state index in [9.17, 15) is 0 Å². The van der Waals surface area contributed by atoms with E-state index in [1.165, 1.54) is 32.5 Å². The van der Waals surface area contributed by atoms with Crippen molar-refractivity contribution in [2.75, 3.05) is 33.9 Å². The molecule has 3 saturated heterocycles. The standard InChI is InChI=1S/C20H24N2O3.ClH/c1-23-19-6-4-15(11-20(19)24-2)18-12-17(25-21-18)5-3-16-13-22-9-7-14(16)8-10-22;/h3-6,11-12,14,16H,7-10,13H2,1-2H3;1H. The van der Waals surface area contributed by atoms with Crippen molar-refractivity contribution in [2.24, 2.45) is 11.8 Å². The van der Waals surface area contributed by atoms with Crippen molar-refractivity contribution in [3.8, 4) is 22.8 Å². The molecule has 0 N–H and O–H groups in total. The number of hydrogen-bond donors (Lipinski definition) is 0. The fraction of sp³-hybridized carbons (Fsp3) is 0.450. The monoisotopic (exact) mass is 376 g/mol. The molecule has 1 atom stereocenters. The highest BCUT2D eigenvalue weighted by Crippen LogP contribution is 2.34. The van der Waals surface area contributed by atoms with Crippen molar-refractivity contribution in [3.05, 3.63) is 36.1 Å². The van der Waals surface area contributed by atoms with Crippen molar-refractivity contribution in [1.29, 1.82) is 0 Å². The summed E-state index contributed by atoms with van der Waals surface area (Å²) in [6.45, 7) is 3.71. The van der Waals surface area contributed by atoms with Crippen LogP contribution in [0.5, 0.6) is 11.5 Å². The van der Waals surface area contributed by atoms with Crippen molar-refractivity contribution >= 4 is 18.5 Å². The third-order valence-corrected chi connectivity index (χ3v) is 5.42. The molecule has 5 rings (SSSR count). The molecule has 1 aromatic heterocycles. The smallest absolute Gasteiger partial charge is 0.161 e. The van der Waals surface area contributed by atoms with E-state index in [0.717, 1.165) is 22.9 Å². The molecular weight excluding hydrogens is 352 g/mol. The Labute approximate surface area is 160 Å². The zero-order chi connectivity index (χ0) is 17.2. The van der Waals surface area contributed by atoms with Gasteiger partial charge in [0.05, 0.1) is 14.2 Å². The Morgan fingerprint density at radius 3 is 2.54 bits per heavy atom. The highest BCUT2D eigenvalue weighted by Gasteiger charge is 2.32. The average molecular weight is 377 g/mol. The zero-order valence-corrected chi connectivity index (χ0v) is 16.0. The summed E-state index contributed by atoms with van der Waals surface area (Å²) in [4.78, 5) is 2.56. The molecule has 4 heterocycles. The van der Waals surface area contributed by atoms with Gasteiger partial charge in [0.25, 0.3) is 0 Å². The van der Waals surface area contributed by atoms with Crippen LogP contribution in [-0.2, 0) is 0 Å². The first-order valence-electron chi connectivity index (χ1n) is 8.86. The van der Waals surface area contributed by atoms with Gasteiger partial charge in [-0.15, -0.1) is 12.4 Å². The molecule has 3 fully saturated rings. The molecule has 2 bridgehead atoms. The number of hydrogen-bond acceptors (Lipinski definition) is 5. The van der Waals surface area contributed by atoms with E-state index in [1.54, 1.807) is 14.2 Å². The minimum absolute atomic E-state index is 0. The molecule has 0 radical (unpaired) electrons. The van der Waals surface area contributed by atoms with Gasteiger partial charge in [-0.3, -0.25) is 0 Å². The van der Waals surface area contributed by atoms with Crippen LogP contribution in [0.25, 0.3) is 17.3 Å². The van der Waals surface area contributed by atoms with E-state index in [0.29, 0.717) is 17.4 Å². The molecule has 0 aliphatic carbocycles. The van der Waals surface area contributed by atoms with Gasteiger partial charge in [-0.05, 0) is 62.0 Å². The van der Waals surface area contributed by atoms with E-state index < -0.39 is 0 Å². The van der Waals surface area contributed by atoms with Crippen LogP contribution in [0.3, 0.4) is 0 Å². The van der Waals surface area contributed by atoms with Crippen LogP contribution < -0.4 is 9.47 Å². The van der Waals surface area contributed by atoms with Crippen LogP contribution in [0, 0.1) is 11.8 Å². The lowest BCUT2D eigenvalue weighted by atomic mass is 9.79. The number of methoxy groups -OCH3 is 2. The average Bonchev–Trinajstić information content (AvgIpc) is 3.16. The third-order valence-electron chi connectivity index (χ3n) is 5.42. The lowest BCUT2D eigenvalue weighted by Gasteiger charge is -2.43. The number of halogens is 1. The molecule has 2 aromatic rings. The predicted octanol–water partition coefficient (Wildman–Crippen LogP) is 4.14. The molecule has 3 aliphatic heterocycles. The second-order valence-corrected chi connectivity index (χ2v) is 6.85. The highest BCUT2D eigenvalue weighted by molar-refractivity contribution is 5.85. The molecule has 6 heteroatoms. The Kier molecular flexibility index (Phi) is 5.89. The number of rotatable bonds is 5. The maximum Gasteiger partial charge on any atom is 0.161 e. The Bertz CT molecular complexity index is 766. The Balaban J connectivity index is 0.00000196. The molecular formula is C20H25ClN2O3. The molecule has 3 aliphatic rings. The summed E-state index contributed by atoms with van der Waals surface area (Å²) in [6, 6.07) is 7.72. The van der Waals surface area contributed by atoms with Gasteiger partial charge in [0.1, 0.15) is 5.69 Å². The normalized spacial score (nSPS) is 24.5. The topological polar surface area (TPSA) is 47.7 Å². The van der Waals surface area contributed by atoms with E-state index in [2.05, 4.69) is 22.2 Å². The van der Waals surface area contributed by atoms with Crippen LogP contribution in [0.15, 0.2) is 34.9 Å². The fourth-order valence-electron chi connectivity index (χ4n) is 3.95. The minimum Gasteiger partial charge on any atom is -0.493 e. The third kappa shape index (κ3) is 3.74. The number of fused-ring (bicyclic) bond motifs is 3. The van der Waals surface area contributed by atoms with E-state index in [-0.39, 0.29) is 12.4 Å². The van der Waals surface area contributed by atoms with Crippen LogP contribution in [-0.4, -0.2) is 43.9 Å². The largest absolute Gasteiger partial charge is 0.493 e. The molecule has 1 unspecified atom stereocenters. The summed E-state index contributed by atoms with van der Waals surface area (Å²) in [5, 5.41) is 4.20. The van der Waals surface area contributed by atoms with Crippen molar-refractivity contribution in [1.82, 2.24) is 10.1 Å². The predicted molar refractivity (Wildman–Crippen MR) is 104 cm³/mol. The number of piperidine rings is 3. The Morgan fingerprint density at radius 1 is 1.12 bits per heavy atom. The van der Waals surface area contributed by atoms with E-state index in [4.69, 9.17) is 14.0 Å². The van der Waals surface area contributed by atoms with Crippen molar-refractivity contribution < 1.29 is 14.0 Å². The number of ether oxygens (including phenoxy) is 2. The fourth-order valence-corrected chi connectivity index (χ4v) is 3.95. The maximum atomic E-state index is 5.50. The number of benzene rings is 1. The van der Waals surface area contributed by atoms with Crippen molar-refractivity contribution in [3.63, 3.8) is 0 Å². The van der Waals surface area contributed by atoms with Crippen LogP contribution in [0.1, 0.15) is 18.6 Å². The van der Waals surface area contributed by atoms with Gasteiger partial charge in [-0.1, -0.05) is 11.2 Å². The Morgan fingerprint density at radius 2 is 1.88 bits per heavy atom. The molecule has 0 amide bonds. The molecule has 140 valence electrons. The van der Waals surface area contributed by atoms with Gasteiger partial charge in [-0.25, -0.2) is 0 Å². The van der Waals surface area contributed by atoms with Gasteiger partial charge < -0.3 is 18.9 Å². The number of nitrogens with zero attached hydrogens (tertiary/aromatic N) is 2. The van der Waals surface area contributed by atoms with Gasteiger partial charge in [0.15, 0.2) is 17.3 Å². The second-order valence-electron chi connectivity index (χ2n) is 6.85. The molecule has 0 saturated carbocycles. The van der Waals surface area contributed by atoms with Gasteiger partial charge >= 0.3 is 0 Å². The van der Waals surface area contributed by atoms with Crippen LogP contribution in [0.4, 0.5) is 0 Å². The first-order valence-corrected chi connectivity index (χ1v) is 8.86. The molecule has 1 aromatic carbocycles. The summed E-state index contributed by atoms with van der Waals surface area (Å²) in [6.07, 6.45) is 7.02. The lowest BCUT2D eigenvalue weighted by Crippen LogP contribution is -2.46. The molecule has 0 spiro atoms. The molecule has 26 heavy (non-hydrogen) atoms. The van der Waals surface area contributed by atoms with Gasteiger partial charge in [0.2, 0.25) is 0 Å². The first-order chi connectivity index (χ1) is 12.3. The summed E-state index contributed by atoms with van der Waals surface area (Å²) in [5.74, 6) is 3.65. The van der Waals surface area contributed by atoms with Gasteiger partial charge in [0, 0.05) is 18.2 Å². The minimum atomic E-state index is 0. The van der Waals surface area contributed by atoms with Crippen LogP contribution >= 0.6 is 12.4 Å².